The number of nitrogens with one attached hydrogen (secondary N) is 1. The first kappa shape index (κ1) is 21.3. The van der Waals surface area contributed by atoms with E-state index >= 15 is 0 Å². The lowest BCUT2D eigenvalue weighted by atomic mass is 10.1. The van der Waals surface area contributed by atoms with Crippen LogP contribution in [0.2, 0.25) is 0 Å². The Labute approximate surface area is 159 Å². The van der Waals surface area contributed by atoms with Crippen LogP contribution in [-0.4, -0.2) is 61.0 Å². The highest BCUT2D eigenvalue weighted by Crippen LogP contribution is 2.28. The summed E-state index contributed by atoms with van der Waals surface area (Å²) >= 11 is 0. The van der Waals surface area contributed by atoms with Crippen molar-refractivity contribution in [2.75, 3.05) is 13.1 Å². The number of rotatable bonds is 6. The molecule has 0 bridgehead atoms. The summed E-state index contributed by atoms with van der Waals surface area (Å²) in [7, 11) is -4.00. The van der Waals surface area contributed by atoms with Gasteiger partial charge in [-0.2, -0.15) is 4.31 Å². The van der Waals surface area contributed by atoms with Gasteiger partial charge in [0.1, 0.15) is 6.04 Å². The molecule has 1 aromatic carbocycles. The molecule has 0 aromatic heterocycles. The summed E-state index contributed by atoms with van der Waals surface area (Å²) in [5, 5.41) is 12.5. The van der Waals surface area contributed by atoms with Gasteiger partial charge in [-0.05, 0) is 51.0 Å². The molecule has 0 saturated carbocycles. The Morgan fingerprint density at radius 3 is 2.59 bits per heavy atom. The molecule has 0 aliphatic carbocycles. The molecule has 1 aliphatic heterocycles. The number of hydrogen-bond acceptors (Lipinski definition) is 6. The number of aliphatic hydroxyl groups is 1. The van der Waals surface area contributed by atoms with Gasteiger partial charge in [0.25, 0.3) is 5.91 Å². The van der Waals surface area contributed by atoms with Crippen molar-refractivity contribution in [1.29, 1.82) is 0 Å². The average Bonchev–Trinajstić information content (AvgIpc) is 3.00. The molecule has 2 rings (SSSR count). The van der Waals surface area contributed by atoms with E-state index in [1.54, 1.807) is 19.9 Å². The number of sulfonamides is 1. The van der Waals surface area contributed by atoms with Gasteiger partial charge in [-0.15, -0.1) is 0 Å². The first-order valence-corrected chi connectivity index (χ1v) is 10.3. The van der Waals surface area contributed by atoms with Crippen LogP contribution >= 0.6 is 0 Å². The minimum Gasteiger partial charge on any atom is -0.451 e. The van der Waals surface area contributed by atoms with Crippen LogP contribution in [-0.2, 0) is 24.3 Å². The van der Waals surface area contributed by atoms with Crippen LogP contribution in [0.25, 0.3) is 0 Å². The molecule has 1 aromatic rings. The maximum Gasteiger partial charge on any atom is 0.325 e. The topological polar surface area (TPSA) is 113 Å². The highest BCUT2D eigenvalue weighted by molar-refractivity contribution is 7.89. The standard InChI is InChI=1S/C18H26N2O6S/c1-5-19-17(22)13(4)26-18(23)16-9-14(21)10-20(16)27(24,25)15-7-6-11(2)12(3)8-15/h6-8,13-14,16,21H,5,9-10H2,1-4H3,(H,19,22)/t13-,14+,16+/m1/s1. The van der Waals surface area contributed by atoms with Gasteiger partial charge in [-0.3, -0.25) is 9.59 Å². The van der Waals surface area contributed by atoms with Crippen LogP contribution < -0.4 is 5.32 Å². The summed E-state index contributed by atoms with van der Waals surface area (Å²) in [5.74, 6) is -1.31. The second-order valence-corrected chi connectivity index (χ2v) is 8.59. The molecule has 1 amide bonds. The Morgan fingerprint density at radius 1 is 1.33 bits per heavy atom. The highest BCUT2D eigenvalue weighted by Gasteiger charge is 2.45. The molecule has 1 saturated heterocycles. The zero-order chi connectivity index (χ0) is 20.4. The third-order valence-electron chi connectivity index (χ3n) is 4.60. The second kappa shape index (κ2) is 8.37. The van der Waals surface area contributed by atoms with E-state index in [1.165, 1.54) is 19.1 Å². The lowest BCUT2D eigenvalue weighted by Gasteiger charge is -2.24. The molecule has 9 heteroatoms. The summed E-state index contributed by atoms with van der Waals surface area (Å²) in [5.41, 5.74) is 1.75. The van der Waals surface area contributed by atoms with E-state index in [0.717, 1.165) is 15.4 Å². The van der Waals surface area contributed by atoms with Crippen LogP contribution in [0.15, 0.2) is 23.1 Å². The number of nitrogens with zero attached hydrogens (tertiary/aromatic N) is 1. The maximum absolute atomic E-state index is 13.0. The molecule has 150 valence electrons. The number of amides is 1. The molecule has 3 atom stereocenters. The van der Waals surface area contributed by atoms with Gasteiger partial charge < -0.3 is 15.2 Å². The lowest BCUT2D eigenvalue weighted by Crippen LogP contribution is -2.44. The lowest BCUT2D eigenvalue weighted by molar-refractivity contribution is -0.157. The number of β-amino-alcohol motifs (C(OH)–C–C–N with tert-alkyl or cyclic N) is 1. The fourth-order valence-electron chi connectivity index (χ4n) is 2.90. The quantitative estimate of drug-likeness (QED) is 0.675. The van der Waals surface area contributed by atoms with Gasteiger partial charge in [0.15, 0.2) is 6.10 Å². The predicted molar refractivity (Wildman–Crippen MR) is 98.5 cm³/mol. The molecule has 27 heavy (non-hydrogen) atoms. The van der Waals surface area contributed by atoms with E-state index in [0.29, 0.717) is 6.54 Å². The van der Waals surface area contributed by atoms with Crippen LogP contribution in [0.3, 0.4) is 0 Å². The van der Waals surface area contributed by atoms with Crippen molar-refractivity contribution in [1.82, 2.24) is 9.62 Å². The molecule has 0 spiro atoms. The number of benzene rings is 1. The number of esters is 1. The van der Waals surface area contributed by atoms with Crippen molar-refractivity contribution in [3.63, 3.8) is 0 Å². The van der Waals surface area contributed by atoms with Crippen LogP contribution in [0, 0.1) is 13.8 Å². The summed E-state index contributed by atoms with van der Waals surface area (Å²) in [4.78, 5) is 24.3. The Kier molecular flexibility index (Phi) is 6.61. The van der Waals surface area contributed by atoms with Gasteiger partial charge in [0, 0.05) is 19.5 Å². The first-order chi connectivity index (χ1) is 12.6. The number of aliphatic hydroxyl groups excluding tert-OH is 1. The third-order valence-corrected chi connectivity index (χ3v) is 6.47. The van der Waals surface area contributed by atoms with Gasteiger partial charge >= 0.3 is 5.97 Å². The zero-order valence-corrected chi connectivity index (χ0v) is 16.7. The molecule has 1 heterocycles. The SMILES string of the molecule is CCNC(=O)[C@@H](C)OC(=O)[C@@H]1C[C@H](O)CN1S(=O)(=O)c1ccc(C)c(C)c1. The summed E-state index contributed by atoms with van der Waals surface area (Å²) < 4.78 is 32.1. The van der Waals surface area contributed by atoms with E-state index in [4.69, 9.17) is 4.74 Å². The van der Waals surface area contributed by atoms with E-state index in [1.807, 2.05) is 6.92 Å². The number of aryl methyl sites for hydroxylation is 2. The molecular weight excluding hydrogens is 372 g/mol. The minimum absolute atomic E-state index is 0.0503. The Morgan fingerprint density at radius 2 is 2.00 bits per heavy atom. The normalized spacial score (nSPS) is 21.7. The second-order valence-electron chi connectivity index (χ2n) is 6.70. The fourth-order valence-corrected chi connectivity index (χ4v) is 4.61. The van der Waals surface area contributed by atoms with Crippen molar-refractivity contribution in [3.05, 3.63) is 29.3 Å². The smallest absolute Gasteiger partial charge is 0.325 e. The molecule has 1 aliphatic rings. The van der Waals surface area contributed by atoms with Gasteiger partial charge in [0.2, 0.25) is 10.0 Å². The predicted octanol–water partition coefficient (Wildman–Crippen LogP) is 0.495. The molecular formula is C18H26N2O6S. The molecule has 2 N–H and O–H groups in total. The minimum atomic E-state index is -4.00. The van der Waals surface area contributed by atoms with Gasteiger partial charge in [-0.25, -0.2) is 8.42 Å². The molecule has 1 fully saturated rings. The number of carbonyl (C=O) groups is 2. The van der Waals surface area contributed by atoms with E-state index in [2.05, 4.69) is 5.32 Å². The molecule has 0 unspecified atom stereocenters. The molecule has 0 radical (unpaired) electrons. The van der Waals surface area contributed by atoms with Crippen molar-refractivity contribution in [2.24, 2.45) is 0 Å². The van der Waals surface area contributed by atoms with Crippen LogP contribution in [0.1, 0.15) is 31.4 Å². The summed E-state index contributed by atoms with van der Waals surface area (Å²) in [6, 6.07) is 3.53. The van der Waals surface area contributed by atoms with E-state index in [-0.39, 0.29) is 17.9 Å². The number of carbonyl (C=O) groups excluding carboxylic acids is 2. The Balaban J connectivity index is 2.25. The first-order valence-electron chi connectivity index (χ1n) is 8.83. The number of hydrogen-bond donors (Lipinski definition) is 2. The summed E-state index contributed by atoms with van der Waals surface area (Å²) in [6.45, 7) is 7.00. The van der Waals surface area contributed by atoms with Gasteiger partial charge in [-0.1, -0.05) is 6.07 Å². The fraction of sp³-hybridized carbons (Fsp3) is 0.556. The van der Waals surface area contributed by atoms with Crippen LogP contribution in [0.5, 0.6) is 0 Å². The van der Waals surface area contributed by atoms with Crippen molar-refractivity contribution in [2.45, 2.75) is 57.3 Å². The number of ether oxygens (including phenoxy) is 1. The zero-order valence-electron chi connectivity index (χ0n) is 15.9. The van der Waals surface area contributed by atoms with Crippen molar-refractivity contribution in [3.8, 4) is 0 Å². The van der Waals surface area contributed by atoms with E-state index in [9.17, 15) is 23.1 Å². The monoisotopic (exact) mass is 398 g/mol. The molecule has 8 nitrogen and oxygen atoms in total. The highest BCUT2D eigenvalue weighted by atomic mass is 32.2. The Hall–Kier alpha value is -1.97. The third kappa shape index (κ3) is 4.66. The Bertz CT molecular complexity index is 823. The van der Waals surface area contributed by atoms with Gasteiger partial charge in [0.05, 0.1) is 11.0 Å². The number of likely N-dealkylation sites (N-methyl/N-ethyl adjacent to an activating group) is 1. The summed E-state index contributed by atoms with van der Waals surface area (Å²) in [6.07, 6.45) is -2.12. The van der Waals surface area contributed by atoms with Crippen molar-refractivity contribution >= 4 is 21.9 Å². The maximum atomic E-state index is 13.0. The van der Waals surface area contributed by atoms with E-state index < -0.39 is 40.1 Å². The van der Waals surface area contributed by atoms with Crippen LogP contribution in [0.4, 0.5) is 0 Å². The van der Waals surface area contributed by atoms with Crippen molar-refractivity contribution < 1.29 is 27.9 Å². The average molecular weight is 398 g/mol. The largest absolute Gasteiger partial charge is 0.451 e.